The molecule has 0 aliphatic rings. The third-order valence-electron chi connectivity index (χ3n) is 3.28. The van der Waals surface area contributed by atoms with Crippen molar-refractivity contribution in [2.24, 2.45) is 5.92 Å². The van der Waals surface area contributed by atoms with Crippen LogP contribution < -0.4 is 4.74 Å². The first-order valence-electron chi connectivity index (χ1n) is 6.77. The molecule has 0 amide bonds. The van der Waals surface area contributed by atoms with Gasteiger partial charge in [0.1, 0.15) is 5.75 Å². The summed E-state index contributed by atoms with van der Waals surface area (Å²) in [5.74, 6) is 0.290. The minimum atomic E-state index is -0.756. The number of hydrogen-bond acceptors (Lipinski definition) is 2. The van der Waals surface area contributed by atoms with Gasteiger partial charge in [-0.05, 0) is 35.4 Å². The van der Waals surface area contributed by atoms with Crippen LogP contribution in [0.15, 0.2) is 18.2 Å². The molecule has 0 aliphatic carbocycles. The molecule has 0 bridgehead atoms. The van der Waals surface area contributed by atoms with Crippen LogP contribution in [0.25, 0.3) is 0 Å². The Morgan fingerprint density at radius 2 is 1.89 bits per heavy atom. The van der Waals surface area contributed by atoms with Gasteiger partial charge in [0.25, 0.3) is 0 Å². The Morgan fingerprint density at radius 1 is 1.26 bits per heavy atom. The molecule has 0 spiro atoms. The van der Waals surface area contributed by atoms with E-state index in [9.17, 15) is 9.90 Å². The van der Waals surface area contributed by atoms with E-state index in [-0.39, 0.29) is 0 Å². The number of carboxylic acids is 1. The molecule has 1 atom stereocenters. The Bertz CT molecular complexity index is 436. The maximum Gasteiger partial charge on any atom is 0.310 e. The Hall–Kier alpha value is -1.51. The Morgan fingerprint density at radius 3 is 2.32 bits per heavy atom. The van der Waals surface area contributed by atoms with Crippen LogP contribution in [-0.2, 0) is 4.79 Å². The Balaban J connectivity index is 3.17. The maximum atomic E-state index is 11.4. The summed E-state index contributed by atoms with van der Waals surface area (Å²) in [4.78, 5) is 11.4. The molecule has 0 saturated heterocycles. The summed E-state index contributed by atoms with van der Waals surface area (Å²) in [5, 5.41) is 9.40. The van der Waals surface area contributed by atoms with Crippen LogP contribution in [0.3, 0.4) is 0 Å². The van der Waals surface area contributed by atoms with Crippen molar-refractivity contribution in [3.63, 3.8) is 0 Å². The third kappa shape index (κ3) is 3.98. The smallest absolute Gasteiger partial charge is 0.310 e. The van der Waals surface area contributed by atoms with Gasteiger partial charge in [0.15, 0.2) is 0 Å². The number of ether oxygens (including phenoxy) is 1. The highest BCUT2D eigenvalue weighted by atomic mass is 16.5. The molecule has 1 N–H and O–H groups in total. The maximum absolute atomic E-state index is 11.4. The second-order valence-corrected chi connectivity index (χ2v) is 5.68. The second-order valence-electron chi connectivity index (χ2n) is 5.68. The van der Waals surface area contributed by atoms with Crippen molar-refractivity contribution in [2.75, 3.05) is 7.11 Å². The van der Waals surface area contributed by atoms with Gasteiger partial charge >= 0.3 is 5.97 Å². The number of methoxy groups -OCH3 is 1. The van der Waals surface area contributed by atoms with E-state index in [0.29, 0.717) is 18.3 Å². The predicted molar refractivity (Wildman–Crippen MR) is 76.9 cm³/mol. The zero-order valence-electron chi connectivity index (χ0n) is 12.4. The van der Waals surface area contributed by atoms with Crippen molar-refractivity contribution >= 4 is 5.97 Å². The van der Waals surface area contributed by atoms with E-state index < -0.39 is 11.9 Å². The molecule has 1 aromatic rings. The van der Waals surface area contributed by atoms with Crippen molar-refractivity contribution in [2.45, 2.75) is 46.0 Å². The second kappa shape index (κ2) is 6.60. The van der Waals surface area contributed by atoms with Crippen LogP contribution in [0, 0.1) is 5.92 Å². The van der Waals surface area contributed by atoms with E-state index in [1.54, 1.807) is 7.11 Å². The van der Waals surface area contributed by atoms with Crippen LogP contribution in [0.5, 0.6) is 5.75 Å². The molecule has 1 aromatic carbocycles. The number of carbonyl (C=O) groups is 1. The fourth-order valence-corrected chi connectivity index (χ4v) is 2.27. The molecule has 0 aliphatic heterocycles. The summed E-state index contributed by atoms with van der Waals surface area (Å²) in [5.41, 5.74) is 1.93. The predicted octanol–water partition coefficient (Wildman–Crippen LogP) is 4.03. The van der Waals surface area contributed by atoms with Crippen LogP contribution >= 0.6 is 0 Å². The number of aliphatic carboxylic acids is 1. The Kier molecular flexibility index (Phi) is 5.40. The monoisotopic (exact) mass is 264 g/mol. The van der Waals surface area contributed by atoms with Gasteiger partial charge in [-0.1, -0.05) is 39.8 Å². The van der Waals surface area contributed by atoms with Crippen LogP contribution in [0.1, 0.15) is 57.1 Å². The first-order chi connectivity index (χ1) is 8.86. The zero-order chi connectivity index (χ0) is 14.6. The number of carboxylic acid groups (broad SMARTS) is 1. The van der Waals surface area contributed by atoms with E-state index in [2.05, 4.69) is 13.8 Å². The molecule has 0 saturated carbocycles. The van der Waals surface area contributed by atoms with Gasteiger partial charge in [0.05, 0.1) is 13.0 Å². The topological polar surface area (TPSA) is 46.5 Å². The number of hydrogen-bond donors (Lipinski definition) is 1. The van der Waals surface area contributed by atoms with Crippen molar-refractivity contribution in [3.8, 4) is 5.75 Å². The molecule has 1 unspecified atom stereocenters. The lowest BCUT2D eigenvalue weighted by molar-refractivity contribution is -0.139. The molecule has 0 heterocycles. The third-order valence-corrected chi connectivity index (χ3v) is 3.28. The lowest BCUT2D eigenvalue weighted by atomic mass is 9.88. The number of rotatable bonds is 6. The minimum Gasteiger partial charge on any atom is -0.496 e. The normalized spacial score (nSPS) is 12.8. The van der Waals surface area contributed by atoms with Gasteiger partial charge in [0, 0.05) is 0 Å². The van der Waals surface area contributed by atoms with Crippen molar-refractivity contribution in [3.05, 3.63) is 29.3 Å². The van der Waals surface area contributed by atoms with E-state index >= 15 is 0 Å². The zero-order valence-corrected chi connectivity index (χ0v) is 12.4. The van der Waals surface area contributed by atoms with Crippen molar-refractivity contribution in [1.29, 1.82) is 0 Å². The van der Waals surface area contributed by atoms with Crippen LogP contribution in [-0.4, -0.2) is 18.2 Å². The Labute approximate surface area is 115 Å². The van der Waals surface area contributed by atoms with E-state index in [0.717, 1.165) is 16.9 Å². The highest BCUT2D eigenvalue weighted by Gasteiger charge is 2.22. The fraction of sp³-hybridized carbons (Fsp3) is 0.562. The lowest BCUT2D eigenvalue weighted by Crippen LogP contribution is -2.14. The molecule has 19 heavy (non-hydrogen) atoms. The minimum absolute atomic E-state index is 0.309. The van der Waals surface area contributed by atoms with Gasteiger partial charge in [-0.3, -0.25) is 4.79 Å². The quantitative estimate of drug-likeness (QED) is 0.843. The molecule has 0 fully saturated rings. The van der Waals surface area contributed by atoms with Crippen molar-refractivity contribution < 1.29 is 14.6 Å². The molecule has 106 valence electrons. The summed E-state index contributed by atoms with van der Waals surface area (Å²) in [7, 11) is 1.64. The number of benzene rings is 1. The highest BCUT2D eigenvalue weighted by Crippen LogP contribution is 2.32. The molecule has 0 aromatic heterocycles. The van der Waals surface area contributed by atoms with E-state index in [4.69, 9.17) is 4.74 Å². The summed E-state index contributed by atoms with van der Waals surface area (Å²) in [6.45, 7) is 8.26. The SMILES string of the molecule is COc1ccc(C(CC(C)C)C(=O)O)cc1C(C)C. The summed E-state index contributed by atoms with van der Waals surface area (Å²) in [6, 6.07) is 5.72. The molecular weight excluding hydrogens is 240 g/mol. The first-order valence-corrected chi connectivity index (χ1v) is 6.77. The average molecular weight is 264 g/mol. The van der Waals surface area contributed by atoms with Gasteiger partial charge in [-0.15, -0.1) is 0 Å². The summed E-state index contributed by atoms with van der Waals surface area (Å²) < 4.78 is 5.34. The van der Waals surface area contributed by atoms with E-state index in [1.165, 1.54) is 0 Å². The average Bonchev–Trinajstić information content (AvgIpc) is 2.34. The van der Waals surface area contributed by atoms with Crippen molar-refractivity contribution in [1.82, 2.24) is 0 Å². The summed E-state index contributed by atoms with van der Waals surface area (Å²) >= 11 is 0. The van der Waals surface area contributed by atoms with Gasteiger partial charge < -0.3 is 9.84 Å². The fourth-order valence-electron chi connectivity index (χ4n) is 2.27. The van der Waals surface area contributed by atoms with Crippen LogP contribution in [0.2, 0.25) is 0 Å². The van der Waals surface area contributed by atoms with E-state index in [1.807, 2.05) is 32.0 Å². The van der Waals surface area contributed by atoms with Gasteiger partial charge in [-0.2, -0.15) is 0 Å². The molecule has 0 radical (unpaired) electrons. The molecular formula is C16H24O3. The first kappa shape index (κ1) is 15.5. The van der Waals surface area contributed by atoms with Crippen LogP contribution in [0.4, 0.5) is 0 Å². The summed E-state index contributed by atoms with van der Waals surface area (Å²) in [6.07, 6.45) is 0.652. The van der Waals surface area contributed by atoms with Gasteiger partial charge in [-0.25, -0.2) is 0 Å². The molecule has 3 heteroatoms. The lowest BCUT2D eigenvalue weighted by Gasteiger charge is -2.19. The molecule has 3 nitrogen and oxygen atoms in total. The van der Waals surface area contributed by atoms with Gasteiger partial charge in [0.2, 0.25) is 0 Å². The highest BCUT2D eigenvalue weighted by molar-refractivity contribution is 5.76. The largest absolute Gasteiger partial charge is 0.496 e. The molecule has 1 rings (SSSR count). The standard InChI is InChI=1S/C16H24O3/c1-10(2)8-14(16(17)18)12-6-7-15(19-5)13(9-12)11(3)4/h6-7,9-11,14H,8H2,1-5H3,(H,17,18).